The maximum absolute atomic E-state index is 13.6. The average molecular weight is 328 g/mol. The summed E-state index contributed by atoms with van der Waals surface area (Å²) in [5, 5.41) is 0. The molecule has 2 atom stereocenters. The van der Waals surface area contributed by atoms with Gasteiger partial charge in [0.2, 0.25) is 5.91 Å². The van der Waals surface area contributed by atoms with Crippen LogP contribution in [0.15, 0.2) is 54.6 Å². The van der Waals surface area contributed by atoms with Crippen LogP contribution in [0.4, 0.5) is 4.39 Å². The van der Waals surface area contributed by atoms with Gasteiger partial charge in [0.05, 0.1) is 11.5 Å². The van der Waals surface area contributed by atoms with Gasteiger partial charge in [-0.2, -0.15) is 0 Å². The van der Waals surface area contributed by atoms with Gasteiger partial charge in [-0.05, 0) is 23.6 Å². The minimum atomic E-state index is -0.683. The van der Waals surface area contributed by atoms with E-state index in [0.29, 0.717) is 0 Å². The van der Waals surface area contributed by atoms with E-state index >= 15 is 0 Å². The van der Waals surface area contributed by atoms with Crippen LogP contribution in [0.5, 0.6) is 0 Å². The summed E-state index contributed by atoms with van der Waals surface area (Å²) >= 11 is 0. The van der Waals surface area contributed by atoms with Crippen molar-refractivity contribution < 1.29 is 14.0 Å². The fourth-order valence-electron chi connectivity index (χ4n) is 2.54. The summed E-state index contributed by atoms with van der Waals surface area (Å²) in [5.74, 6) is -1.93. The van der Waals surface area contributed by atoms with Crippen molar-refractivity contribution in [3.63, 3.8) is 0 Å². The molecule has 0 bridgehead atoms. The fraction of sp³-hybridized carbons (Fsp3) is 0.263. The molecule has 0 heterocycles. The molecular weight excluding hydrogens is 307 g/mol. The Morgan fingerprint density at radius 1 is 1.00 bits per heavy atom. The normalized spacial score (nSPS) is 13.0. The fourth-order valence-corrected chi connectivity index (χ4v) is 2.54. The highest BCUT2D eigenvalue weighted by molar-refractivity contribution is 5.96. The molecule has 0 saturated heterocycles. The highest BCUT2D eigenvalue weighted by Crippen LogP contribution is 2.26. The zero-order valence-corrected chi connectivity index (χ0v) is 13.8. The number of hydrogen-bond donors (Lipinski definition) is 2. The third-order valence-corrected chi connectivity index (χ3v) is 4.07. The molecule has 0 spiro atoms. The topological polar surface area (TPSA) is 58.2 Å². The number of hydrogen-bond acceptors (Lipinski definition) is 2. The van der Waals surface area contributed by atoms with Crippen LogP contribution in [0.2, 0.25) is 0 Å². The van der Waals surface area contributed by atoms with Gasteiger partial charge in [0.1, 0.15) is 5.82 Å². The van der Waals surface area contributed by atoms with Crippen molar-refractivity contribution in [2.24, 2.45) is 5.92 Å². The predicted octanol–water partition coefficient (Wildman–Crippen LogP) is 3.42. The molecule has 0 saturated carbocycles. The number of carbonyl (C=O) groups is 2. The first-order valence-corrected chi connectivity index (χ1v) is 7.94. The van der Waals surface area contributed by atoms with E-state index in [1.54, 1.807) is 6.07 Å². The Kier molecular flexibility index (Phi) is 6.07. The molecule has 0 aromatic heterocycles. The molecule has 2 aromatic carbocycles. The van der Waals surface area contributed by atoms with Gasteiger partial charge < -0.3 is 0 Å². The first kappa shape index (κ1) is 17.7. The standard InChI is InChI=1S/C19H21FN2O2/c1-3-13(2)17(14-9-5-4-6-10-14)19(24)22-21-18(23)15-11-7-8-12-16(15)20/h4-13,17H,3H2,1-2H3,(H,21,23)(H,22,24). The monoisotopic (exact) mass is 328 g/mol. The van der Waals surface area contributed by atoms with E-state index in [1.807, 2.05) is 44.2 Å². The van der Waals surface area contributed by atoms with Crippen LogP contribution in [-0.4, -0.2) is 11.8 Å². The van der Waals surface area contributed by atoms with Gasteiger partial charge in [0.15, 0.2) is 0 Å². The lowest BCUT2D eigenvalue weighted by Crippen LogP contribution is -2.45. The number of carbonyl (C=O) groups excluding carboxylic acids is 2. The number of rotatable bonds is 5. The lowest BCUT2D eigenvalue weighted by atomic mass is 9.85. The Morgan fingerprint density at radius 2 is 1.62 bits per heavy atom. The first-order valence-electron chi connectivity index (χ1n) is 7.94. The second-order valence-corrected chi connectivity index (χ2v) is 5.70. The van der Waals surface area contributed by atoms with Crippen LogP contribution in [-0.2, 0) is 4.79 Å². The van der Waals surface area contributed by atoms with Crippen molar-refractivity contribution in [3.8, 4) is 0 Å². The second-order valence-electron chi connectivity index (χ2n) is 5.70. The minimum Gasteiger partial charge on any atom is -0.273 e. The molecule has 0 aliphatic carbocycles. The Hall–Kier alpha value is -2.69. The van der Waals surface area contributed by atoms with Gasteiger partial charge in [-0.3, -0.25) is 20.4 Å². The van der Waals surface area contributed by atoms with Crippen molar-refractivity contribution in [2.75, 3.05) is 0 Å². The Labute approximate surface area is 141 Å². The van der Waals surface area contributed by atoms with Crippen LogP contribution in [0.1, 0.15) is 42.1 Å². The number of halogens is 1. The van der Waals surface area contributed by atoms with E-state index in [1.165, 1.54) is 18.2 Å². The summed E-state index contributed by atoms with van der Waals surface area (Å²) in [7, 11) is 0. The molecule has 0 radical (unpaired) electrons. The van der Waals surface area contributed by atoms with Crippen molar-refractivity contribution in [1.29, 1.82) is 0 Å². The van der Waals surface area contributed by atoms with Crippen LogP contribution >= 0.6 is 0 Å². The minimum absolute atomic E-state index is 0.0952. The van der Waals surface area contributed by atoms with Crippen molar-refractivity contribution in [2.45, 2.75) is 26.2 Å². The Bertz CT molecular complexity index is 704. The molecule has 0 aliphatic rings. The molecule has 2 amide bonds. The average Bonchev–Trinajstić information content (AvgIpc) is 2.61. The third kappa shape index (κ3) is 4.19. The summed E-state index contributed by atoms with van der Waals surface area (Å²) in [6.45, 7) is 3.99. The molecule has 4 nitrogen and oxygen atoms in total. The quantitative estimate of drug-likeness (QED) is 0.826. The first-order chi connectivity index (χ1) is 11.5. The van der Waals surface area contributed by atoms with E-state index in [0.717, 1.165) is 12.0 Å². The maximum atomic E-state index is 13.6. The molecular formula is C19H21FN2O2. The third-order valence-electron chi connectivity index (χ3n) is 4.07. The Morgan fingerprint density at radius 3 is 2.25 bits per heavy atom. The number of benzene rings is 2. The second kappa shape index (κ2) is 8.24. The zero-order valence-electron chi connectivity index (χ0n) is 13.8. The highest BCUT2D eigenvalue weighted by atomic mass is 19.1. The van der Waals surface area contributed by atoms with Gasteiger partial charge >= 0.3 is 0 Å². The lowest BCUT2D eigenvalue weighted by molar-refractivity contribution is -0.124. The van der Waals surface area contributed by atoms with E-state index in [2.05, 4.69) is 10.9 Å². The van der Waals surface area contributed by atoms with Gasteiger partial charge in [-0.1, -0.05) is 62.7 Å². The van der Waals surface area contributed by atoms with E-state index in [-0.39, 0.29) is 17.4 Å². The van der Waals surface area contributed by atoms with Gasteiger partial charge in [-0.15, -0.1) is 0 Å². The molecule has 2 unspecified atom stereocenters. The Balaban J connectivity index is 2.08. The molecule has 0 fully saturated rings. The van der Waals surface area contributed by atoms with E-state index in [9.17, 15) is 14.0 Å². The molecule has 2 rings (SSSR count). The maximum Gasteiger partial charge on any atom is 0.272 e. The molecule has 126 valence electrons. The van der Waals surface area contributed by atoms with Crippen LogP contribution in [0.25, 0.3) is 0 Å². The van der Waals surface area contributed by atoms with Crippen LogP contribution in [0, 0.1) is 11.7 Å². The largest absolute Gasteiger partial charge is 0.273 e. The molecule has 2 N–H and O–H groups in total. The van der Waals surface area contributed by atoms with Gasteiger partial charge in [0, 0.05) is 0 Å². The molecule has 24 heavy (non-hydrogen) atoms. The van der Waals surface area contributed by atoms with Gasteiger partial charge in [-0.25, -0.2) is 4.39 Å². The highest BCUT2D eigenvalue weighted by Gasteiger charge is 2.26. The van der Waals surface area contributed by atoms with Crippen molar-refractivity contribution in [1.82, 2.24) is 10.9 Å². The van der Waals surface area contributed by atoms with Crippen LogP contribution in [0.3, 0.4) is 0 Å². The SMILES string of the molecule is CCC(C)C(C(=O)NNC(=O)c1ccccc1F)c1ccccc1. The lowest BCUT2D eigenvalue weighted by Gasteiger charge is -2.22. The summed E-state index contributed by atoms with van der Waals surface area (Å²) in [6, 6.07) is 15.0. The number of amides is 2. The van der Waals surface area contributed by atoms with Crippen molar-refractivity contribution in [3.05, 3.63) is 71.5 Å². The van der Waals surface area contributed by atoms with E-state index < -0.39 is 17.6 Å². The zero-order chi connectivity index (χ0) is 17.5. The predicted molar refractivity (Wildman–Crippen MR) is 90.6 cm³/mol. The smallest absolute Gasteiger partial charge is 0.272 e. The summed E-state index contributed by atoms with van der Waals surface area (Å²) in [4.78, 5) is 24.5. The van der Waals surface area contributed by atoms with Gasteiger partial charge in [0.25, 0.3) is 5.91 Å². The molecule has 0 aliphatic heterocycles. The molecule has 2 aromatic rings. The summed E-state index contributed by atoms with van der Waals surface area (Å²) in [5.41, 5.74) is 5.47. The van der Waals surface area contributed by atoms with Crippen LogP contribution < -0.4 is 10.9 Å². The summed E-state index contributed by atoms with van der Waals surface area (Å²) in [6.07, 6.45) is 0.814. The van der Waals surface area contributed by atoms with Crippen molar-refractivity contribution >= 4 is 11.8 Å². The number of nitrogens with one attached hydrogen (secondary N) is 2. The van der Waals surface area contributed by atoms with E-state index in [4.69, 9.17) is 0 Å². The summed E-state index contributed by atoms with van der Waals surface area (Å²) < 4.78 is 13.6. The number of hydrazine groups is 1. The molecule has 5 heteroatoms.